The van der Waals surface area contributed by atoms with Gasteiger partial charge in [-0.25, -0.2) is 0 Å². The fourth-order valence-electron chi connectivity index (χ4n) is 1.71. The summed E-state index contributed by atoms with van der Waals surface area (Å²) in [5.41, 5.74) is 2.25. The van der Waals surface area contributed by atoms with Gasteiger partial charge in [-0.15, -0.1) is 0 Å². The van der Waals surface area contributed by atoms with Gasteiger partial charge in [-0.2, -0.15) is 0 Å². The lowest BCUT2D eigenvalue weighted by Gasteiger charge is -2.07. The molecule has 0 bridgehead atoms. The van der Waals surface area contributed by atoms with E-state index < -0.39 is 0 Å². The average Bonchev–Trinajstić information content (AvgIpc) is 2.37. The molecular weight excluding hydrogens is 226 g/mol. The number of hydrogen-bond acceptors (Lipinski definition) is 2. The summed E-state index contributed by atoms with van der Waals surface area (Å²) in [5, 5.41) is 12.5. The number of phenols is 1. The smallest absolute Gasteiger partial charge is 0.255 e. The molecule has 0 aliphatic carbocycles. The van der Waals surface area contributed by atoms with Crippen LogP contribution in [0.1, 0.15) is 21.5 Å². The topological polar surface area (TPSA) is 49.3 Å². The first-order valence-electron chi connectivity index (χ1n) is 5.78. The summed E-state index contributed by atoms with van der Waals surface area (Å²) in [6.07, 6.45) is 0. The van der Waals surface area contributed by atoms with Crippen LogP contribution in [0.15, 0.2) is 48.5 Å². The summed E-state index contributed by atoms with van der Waals surface area (Å²) in [7, 11) is 0. The lowest BCUT2D eigenvalue weighted by Crippen LogP contribution is -2.22. The zero-order chi connectivity index (χ0) is 13.0. The van der Waals surface area contributed by atoms with Crippen molar-refractivity contribution in [2.45, 2.75) is 13.5 Å². The van der Waals surface area contributed by atoms with E-state index >= 15 is 0 Å². The monoisotopic (exact) mass is 241 g/mol. The highest BCUT2D eigenvalue weighted by Gasteiger charge is 2.10. The number of phenolic OH excluding ortho intramolecular Hbond substituents is 1. The van der Waals surface area contributed by atoms with Crippen LogP contribution in [0.2, 0.25) is 0 Å². The number of hydrogen-bond donors (Lipinski definition) is 2. The second kappa shape index (κ2) is 5.36. The number of aryl methyl sites for hydroxylation is 1. The van der Waals surface area contributed by atoms with Crippen molar-refractivity contribution in [3.63, 3.8) is 0 Å². The molecule has 0 heterocycles. The molecule has 0 atom stereocenters. The summed E-state index contributed by atoms with van der Waals surface area (Å²) in [6, 6.07) is 14.7. The van der Waals surface area contributed by atoms with E-state index in [1.807, 2.05) is 37.3 Å². The molecular formula is C15H15NO2. The molecule has 1 amide bonds. The van der Waals surface area contributed by atoms with Crippen LogP contribution in [0.5, 0.6) is 5.75 Å². The van der Waals surface area contributed by atoms with Gasteiger partial charge < -0.3 is 10.4 Å². The first kappa shape index (κ1) is 12.2. The molecule has 18 heavy (non-hydrogen) atoms. The predicted molar refractivity (Wildman–Crippen MR) is 70.5 cm³/mol. The van der Waals surface area contributed by atoms with Crippen molar-refractivity contribution in [1.82, 2.24) is 5.32 Å². The SMILES string of the molecule is Cc1ccc(C(=O)NCc2ccccc2)c(O)c1. The fourth-order valence-corrected chi connectivity index (χ4v) is 1.71. The number of carbonyl (C=O) groups excluding carboxylic acids is 1. The highest BCUT2D eigenvalue weighted by atomic mass is 16.3. The maximum atomic E-state index is 11.9. The zero-order valence-electron chi connectivity index (χ0n) is 10.2. The summed E-state index contributed by atoms with van der Waals surface area (Å²) < 4.78 is 0. The Balaban J connectivity index is 2.04. The third-order valence-electron chi connectivity index (χ3n) is 2.69. The van der Waals surface area contributed by atoms with Crippen LogP contribution >= 0.6 is 0 Å². The van der Waals surface area contributed by atoms with E-state index in [4.69, 9.17) is 0 Å². The molecule has 0 aliphatic rings. The lowest BCUT2D eigenvalue weighted by molar-refractivity contribution is 0.0948. The largest absolute Gasteiger partial charge is 0.507 e. The van der Waals surface area contributed by atoms with Crippen LogP contribution < -0.4 is 5.32 Å². The highest BCUT2D eigenvalue weighted by Crippen LogP contribution is 2.18. The van der Waals surface area contributed by atoms with E-state index in [0.717, 1.165) is 11.1 Å². The quantitative estimate of drug-likeness (QED) is 0.867. The molecule has 3 nitrogen and oxygen atoms in total. The van der Waals surface area contributed by atoms with Gasteiger partial charge in [0.15, 0.2) is 0 Å². The van der Waals surface area contributed by atoms with Gasteiger partial charge in [-0.05, 0) is 30.2 Å². The summed E-state index contributed by atoms with van der Waals surface area (Å²) in [5.74, 6) is -0.253. The predicted octanol–water partition coefficient (Wildman–Crippen LogP) is 2.63. The second-order valence-electron chi connectivity index (χ2n) is 4.19. The summed E-state index contributed by atoms with van der Waals surface area (Å²) >= 11 is 0. The van der Waals surface area contributed by atoms with Gasteiger partial charge in [-0.1, -0.05) is 36.4 Å². The molecule has 92 valence electrons. The van der Waals surface area contributed by atoms with Crippen molar-refractivity contribution in [2.75, 3.05) is 0 Å². The Bertz CT molecular complexity index is 550. The van der Waals surface area contributed by atoms with Crippen molar-refractivity contribution in [3.05, 3.63) is 65.2 Å². The zero-order valence-corrected chi connectivity index (χ0v) is 10.2. The molecule has 0 radical (unpaired) electrons. The van der Waals surface area contributed by atoms with Crippen LogP contribution in [0.3, 0.4) is 0 Å². The number of amides is 1. The third kappa shape index (κ3) is 2.88. The van der Waals surface area contributed by atoms with Gasteiger partial charge in [0.05, 0.1) is 5.56 Å². The highest BCUT2D eigenvalue weighted by molar-refractivity contribution is 5.96. The van der Waals surface area contributed by atoms with Crippen LogP contribution in [0.25, 0.3) is 0 Å². The van der Waals surface area contributed by atoms with E-state index in [0.29, 0.717) is 12.1 Å². The molecule has 3 heteroatoms. The first-order valence-corrected chi connectivity index (χ1v) is 5.78. The van der Waals surface area contributed by atoms with Gasteiger partial charge in [0.25, 0.3) is 5.91 Å². The molecule has 2 N–H and O–H groups in total. The molecule has 0 aliphatic heterocycles. The minimum absolute atomic E-state index is 0.0144. The van der Waals surface area contributed by atoms with Gasteiger partial charge in [0.2, 0.25) is 0 Å². The Kier molecular flexibility index (Phi) is 3.63. The summed E-state index contributed by atoms with van der Waals surface area (Å²) in [6.45, 7) is 2.32. The normalized spacial score (nSPS) is 10.1. The van der Waals surface area contributed by atoms with Crippen molar-refractivity contribution in [1.29, 1.82) is 0 Å². The minimum Gasteiger partial charge on any atom is -0.507 e. The lowest BCUT2D eigenvalue weighted by atomic mass is 10.1. The van der Waals surface area contributed by atoms with Crippen molar-refractivity contribution >= 4 is 5.91 Å². The van der Waals surface area contributed by atoms with Crippen LogP contribution in [0, 0.1) is 6.92 Å². The number of rotatable bonds is 3. The number of nitrogens with one attached hydrogen (secondary N) is 1. The maximum absolute atomic E-state index is 11.9. The molecule has 0 aromatic heterocycles. The molecule has 0 fully saturated rings. The number of carbonyl (C=O) groups is 1. The molecule has 0 spiro atoms. The Labute approximate surface area is 106 Å². The van der Waals surface area contributed by atoms with Gasteiger partial charge in [0, 0.05) is 6.54 Å². The molecule has 2 aromatic carbocycles. The Morgan fingerprint density at radius 3 is 2.56 bits per heavy atom. The Morgan fingerprint density at radius 2 is 1.89 bits per heavy atom. The average molecular weight is 241 g/mol. The van der Waals surface area contributed by atoms with Gasteiger partial charge in [-0.3, -0.25) is 4.79 Å². The van der Waals surface area contributed by atoms with Crippen molar-refractivity contribution in [3.8, 4) is 5.75 Å². The standard InChI is InChI=1S/C15H15NO2/c1-11-7-8-13(14(17)9-11)15(18)16-10-12-5-3-2-4-6-12/h2-9,17H,10H2,1H3,(H,16,18). The minimum atomic E-state index is -0.267. The third-order valence-corrected chi connectivity index (χ3v) is 2.69. The number of benzene rings is 2. The van der Waals surface area contributed by atoms with E-state index in [1.165, 1.54) is 0 Å². The second-order valence-corrected chi connectivity index (χ2v) is 4.19. The van der Waals surface area contributed by atoms with E-state index in [1.54, 1.807) is 18.2 Å². The molecule has 0 saturated carbocycles. The Morgan fingerprint density at radius 1 is 1.17 bits per heavy atom. The molecule has 2 aromatic rings. The van der Waals surface area contributed by atoms with Crippen molar-refractivity contribution < 1.29 is 9.90 Å². The van der Waals surface area contributed by atoms with E-state index in [-0.39, 0.29) is 11.7 Å². The molecule has 0 unspecified atom stereocenters. The molecule has 2 rings (SSSR count). The van der Waals surface area contributed by atoms with Crippen LogP contribution in [-0.4, -0.2) is 11.0 Å². The van der Waals surface area contributed by atoms with Crippen LogP contribution in [-0.2, 0) is 6.54 Å². The van der Waals surface area contributed by atoms with Gasteiger partial charge in [0.1, 0.15) is 5.75 Å². The van der Waals surface area contributed by atoms with E-state index in [2.05, 4.69) is 5.32 Å². The van der Waals surface area contributed by atoms with Crippen molar-refractivity contribution in [2.24, 2.45) is 0 Å². The maximum Gasteiger partial charge on any atom is 0.255 e. The fraction of sp³-hybridized carbons (Fsp3) is 0.133. The molecule has 0 saturated heterocycles. The summed E-state index contributed by atoms with van der Waals surface area (Å²) in [4.78, 5) is 11.9. The number of aromatic hydroxyl groups is 1. The van der Waals surface area contributed by atoms with Crippen LogP contribution in [0.4, 0.5) is 0 Å². The van der Waals surface area contributed by atoms with Gasteiger partial charge >= 0.3 is 0 Å². The Hall–Kier alpha value is -2.29. The first-order chi connectivity index (χ1) is 8.66. The van der Waals surface area contributed by atoms with E-state index in [9.17, 15) is 9.90 Å².